The fourth-order valence-corrected chi connectivity index (χ4v) is 1.85. The molecule has 0 aromatic carbocycles. The minimum Gasteiger partial charge on any atom is -0.274 e. The van der Waals surface area contributed by atoms with Gasteiger partial charge in [-0.15, -0.1) is 0 Å². The molecule has 0 fully saturated rings. The van der Waals surface area contributed by atoms with E-state index in [2.05, 4.69) is 19.2 Å². The van der Waals surface area contributed by atoms with Crippen LogP contribution in [0.15, 0.2) is 0 Å². The molecule has 16 heavy (non-hydrogen) atoms. The predicted molar refractivity (Wildman–Crippen MR) is 65.5 cm³/mol. The smallest absolute Gasteiger partial charge is 0.236 e. The molecule has 0 aliphatic rings. The summed E-state index contributed by atoms with van der Waals surface area (Å²) in [6.07, 6.45) is 10.4. The fourth-order valence-electron chi connectivity index (χ4n) is 1.85. The van der Waals surface area contributed by atoms with E-state index in [1.165, 1.54) is 25.7 Å². The topological polar surface area (TPSA) is 52.9 Å². The highest BCUT2D eigenvalue weighted by Crippen LogP contribution is 2.17. The third-order valence-corrected chi connectivity index (χ3v) is 2.86. The van der Waals surface area contributed by atoms with E-state index in [1.807, 2.05) is 0 Å². The van der Waals surface area contributed by atoms with Crippen LogP contribution in [-0.2, 0) is 4.79 Å². The first-order valence-corrected chi connectivity index (χ1v) is 6.45. The van der Waals surface area contributed by atoms with E-state index in [0.717, 1.165) is 25.7 Å². The Morgan fingerprint density at radius 1 is 1.12 bits per heavy atom. The highest BCUT2D eigenvalue weighted by Gasteiger charge is 2.16. The van der Waals surface area contributed by atoms with E-state index in [1.54, 1.807) is 6.19 Å². The van der Waals surface area contributed by atoms with Crippen LogP contribution >= 0.6 is 0 Å². The number of nitriles is 1. The van der Waals surface area contributed by atoms with Gasteiger partial charge in [-0.3, -0.25) is 10.1 Å². The summed E-state index contributed by atoms with van der Waals surface area (Å²) in [7, 11) is 0. The molecular weight excluding hydrogens is 200 g/mol. The third kappa shape index (κ3) is 7.28. The van der Waals surface area contributed by atoms with Gasteiger partial charge in [-0.25, -0.2) is 0 Å². The van der Waals surface area contributed by atoms with Crippen LogP contribution < -0.4 is 5.32 Å². The molecule has 0 aliphatic heterocycles. The van der Waals surface area contributed by atoms with Gasteiger partial charge in [0.15, 0.2) is 6.19 Å². The van der Waals surface area contributed by atoms with Crippen molar-refractivity contribution in [2.24, 2.45) is 5.92 Å². The Hall–Kier alpha value is -1.04. The molecule has 0 aromatic rings. The van der Waals surface area contributed by atoms with Gasteiger partial charge >= 0.3 is 0 Å². The lowest BCUT2D eigenvalue weighted by atomic mass is 9.94. The van der Waals surface area contributed by atoms with Crippen LogP contribution in [0.4, 0.5) is 0 Å². The van der Waals surface area contributed by atoms with E-state index in [4.69, 9.17) is 5.26 Å². The lowest BCUT2D eigenvalue weighted by Crippen LogP contribution is -2.27. The number of carbonyl (C=O) groups is 1. The van der Waals surface area contributed by atoms with Gasteiger partial charge in [-0.1, -0.05) is 52.4 Å². The molecule has 0 bridgehead atoms. The normalized spacial score (nSPS) is 10.1. The largest absolute Gasteiger partial charge is 0.274 e. The molecular formula is C13H24N2O. The molecule has 1 N–H and O–H groups in total. The fraction of sp³-hybridized carbons (Fsp3) is 0.846. The SMILES string of the molecule is CCCCCC(CCCCC)C(=O)NC#N. The van der Waals surface area contributed by atoms with Crippen LogP contribution in [0.5, 0.6) is 0 Å². The molecule has 0 radical (unpaired) electrons. The van der Waals surface area contributed by atoms with Crippen molar-refractivity contribution in [3.8, 4) is 6.19 Å². The van der Waals surface area contributed by atoms with Crippen LogP contribution in [0.1, 0.15) is 65.2 Å². The average Bonchev–Trinajstić information content (AvgIpc) is 2.28. The number of nitrogens with zero attached hydrogens (tertiary/aromatic N) is 1. The van der Waals surface area contributed by atoms with E-state index in [0.29, 0.717) is 0 Å². The maximum absolute atomic E-state index is 11.6. The van der Waals surface area contributed by atoms with E-state index < -0.39 is 0 Å². The second kappa shape index (κ2) is 10.5. The van der Waals surface area contributed by atoms with Gasteiger partial charge < -0.3 is 0 Å². The van der Waals surface area contributed by atoms with E-state index in [-0.39, 0.29) is 11.8 Å². The second-order valence-corrected chi connectivity index (χ2v) is 4.29. The summed E-state index contributed by atoms with van der Waals surface area (Å²) in [5.74, 6) is -0.0487. The van der Waals surface area contributed by atoms with Crippen LogP contribution in [-0.4, -0.2) is 5.91 Å². The summed E-state index contributed by atoms with van der Waals surface area (Å²) in [6, 6.07) is 0. The van der Waals surface area contributed by atoms with E-state index >= 15 is 0 Å². The van der Waals surface area contributed by atoms with Crippen molar-refractivity contribution in [2.75, 3.05) is 0 Å². The first-order chi connectivity index (χ1) is 7.76. The number of carbonyl (C=O) groups excluding carboxylic acids is 1. The summed E-state index contributed by atoms with van der Waals surface area (Å²) in [5.41, 5.74) is 0. The molecule has 1 amide bonds. The lowest BCUT2D eigenvalue weighted by Gasteiger charge is -2.13. The summed E-state index contributed by atoms with van der Waals surface area (Å²) in [5, 5.41) is 10.7. The van der Waals surface area contributed by atoms with Crippen LogP contribution in [0.3, 0.4) is 0 Å². The Kier molecular flexibility index (Phi) is 9.80. The minimum atomic E-state index is -0.0882. The van der Waals surface area contributed by atoms with Crippen molar-refractivity contribution in [1.82, 2.24) is 5.32 Å². The number of amides is 1. The minimum absolute atomic E-state index is 0.0396. The van der Waals surface area contributed by atoms with Gasteiger partial charge in [0.2, 0.25) is 5.91 Å². The van der Waals surface area contributed by atoms with Crippen molar-refractivity contribution in [2.45, 2.75) is 65.2 Å². The van der Waals surface area contributed by atoms with Gasteiger partial charge in [0, 0.05) is 5.92 Å². The molecule has 0 heterocycles. The van der Waals surface area contributed by atoms with Gasteiger partial charge in [0.25, 0.3) is 0 Å². The second-order valence-electron chi connectivity index (χ2n) is 4.29. The summed E-state index contributed by atoms with van der Waals surface area (Å²) >= 11 is 0. The van der Waals surface area contributed by atoms with Crippen molar-refractivity contribution >= 4 is 5.91 Å². The summed E-state index contributed by atoms with van der Waals surface area (Å²) in [4.78, 5) is 11.6. The van der Waals surface area contributed by atoms with Gasteiger partial charge in [-0.05, 0) is 12.8 Å². The number of rotatable bonds is 9. The molecule has 0 aromatic heterocycles. The molecule has 0 unspecified atom stereocenters. The molecule has 0 saturated carbocycles. The zero-order chi connectivity index (χ0) is 12.2. The number of nitrogens with one attached hydrogen (secondary N) is 1. The van der Waals surface area contributed by atoms with Gasteiger partial charge in [0.1, 0.15) is 0 Å². The quantitative estimate of drug-likeness (QED) is 0.371. The zero-order valence-electron chi connectivity index (χ0n) is 10.6. The zero-order valence-corrected chi connectivity index (χ0v) is 10.6. The van der Waals surface area contributed by atoms with Crippen molar-refractivity contribution in [3.63, 3.8) is 0 Å². The maximum Gasteiger partial charge on any atom is 0.236 e. The Morgan fingerprint density at radius 3 is 2.00 bits per heavy atom. The monoisotopic (exact) mass is 224 g/mol. The van der Waals surface area contributed by atoms with Gasteiger partial charge in [0.05, 0.1) is 0 Å². The predicted octanol–water partition coefficient (Wildman–Crippen LogP) is 3.36. The van der Waals surface area contributed by atoms with Crippen LogP contribution in [0.2, 0.25) is 0 Å². The van der Waals surface area contributed by atoms with Crippen molar-refractivity contribution in [1.29, 1.82) is 5.26 Å². The van der Waals surface area contributed by atoms with Crippen LogP contribution in [0, 0.1) is 17.4 Å². The third-order valence-electron chi connectivity index (χ3n) is 2.86. The Labute approximate surface area is 99.2 Å². The van der Waals surface area contributed by atoms with Crippen LogP contribution in [0.25, 0.3) is 0 Å². The first kappa shape index (κ1) is 15.0. The summed E-state index contributed by atoms with van der Waals surface area (Å²) < 4.78 is 0. The molecule has 0 rings (SSSR count). The van der Waals surface area contributed by atoms with Crippen molar-refractivity contribution in [3.05, 3.63) is 0 Å². The molecule has 92 valence electrons. The Bertz CT molecular complexity index is 210. The first-order valence-electron chi connectivity index (χ1n) is 6.45. The molecule has 0 aliphatic carbocycles. The standard InChI is InChI=1S/C13H24N2O/c1-3-5-7-9-12(10-8-6-4-2)13(16)15-11-14/h12H,3-10H2,1-2H3,(H,15,16). The molecule has 3 nitrogen and oxygen atoms in total. The van der Waals surface area contributed by atoms with Crippen molar-refractivity contribution < 1.29 is 4.79 Å². The molecule has 0 saturated heterocycles. The van der Waals surface area contributed by atoms with Gasteiger partial charge in [-0.2, -0.15) is 5.26 Å². The Morgan fingerprint density at radius 2 is 1.62 bits per heavy atom. The van der Waals surface area contributed by atoms with E-state index in [9.17, 15) is 4.79 Å². The average molecular weight is 224 g/mol. The highest BCUT2D eigenvalue weighted by molar-refractivity contribution is 5.79. The number of unbranched alkanes of at least 4 members (excludes halogenated alkanes) is 4. The maximum atomic E-state index is 11.6. The molecule has 3 heteroatoms. The lowest BCUT2D eigenvalue weighted by molar-refractivity contribution is -0.124. The summed E-state index contributed by atoms with van der Waals surface area (Å²) in [6.45, 7) is 4.31. The molecule has 0 spiro atoms. The molecule has 0 atom stereocenters. The number of hydrogen-bond acceptors (Lipinski definition) is 2. The Balaban J connectivity index is 3.95. The highest BCUT2D eigenvalue weighted by atomic mass is 16.1. The number of hydrogen-bond donors (Lipinski definition) is 1.